The average Bonchev–Trinajstić information content (AvgIpc) is 2.39. The maximum absolute atomic E-state index is 3.65. The second-order valence-corrected chi connectivity index (χ2v) is 5.28. The van der Waals surface area contributed by atoms with Crippen molar-refractivity contribution in [3.8, 4) is 0 Å². The van der Waals surface area contributed by atoms with Crippen molar-refractivity contribution >= 4 is 0 Å². The van der Waals surface area contributed by atoms with Crippen molar-refractivity contribution in [3.05, 3.63) is 35.9 Å². The lowest BCUT2D eigenvalue weighted by molar-refractivity contribution is 0.256. The van der Waals surface area contributed by atoms with Gasteiger partial charge in [0.1, 0.15) is 0 Å². The molecular weight excluding hydrogens is 220 g/mol. The van der Waals surface area contributed by atoms with E-state index in [1.807, 2.05) is 0 Å². The first-order valence-corrected chi connectivity index (χ1v) is 7.13. The van der Waals surface area contributed by atoms with Crippen LogP contribution in [0.4, 0.5) is 0 Å². The molecule has 0 heterocycles. The zero-order chi connectivity index (χ0) is 13.4. The molecule has 0 saturated heterocycles. The Morgan fingerprint density at radius 1 is 1.17 bits per heavy atom. The van der Waals surface area contributed by atoms with Gasteiger partial charge in [-0.25, -0.2) is 0 Å². The van der Waals surface area contributed by atoms with Crippen molar-refractivity contribution in [2.45, 2.75) is 45.7 Å². The van der Waals surface area contributed by atoms with E-state index < -0.39 is 0 Å². The second-order valence-electron chi connectivity index (χ2n) is 5.28. The number of hydrogen-bond donors (Lipinski definition) is 1. The molecule has 1 unspecified atom stereocenters. The maximum Gasteiger partial charge on any atom is 0.0332 e. The first kappa shape index (κ1) is 15.2. The van der Waals surface area contributed by atoms with E-state index in [1.165, 1.54) is 18.4 Å². The summed E-state index contributed by atoms with van der Waals surface area (Å²) in [5.74, 6) is 0. The van der Waals surface area contributed by atoms with Gasteiger partial charge in [0, 0.05) is 12.1 Å². The Bertz CT molecular complexity index is 308. The van der Waals surface area contributed by atoms with Crippen molar-refractivity contribution < 1.29 is 0 Å². The van der Waals surface area contributed by atoms with Gasteiger partial charge in [0.15, 0.2) is 0 Å². The molecule has 0 radical (unpaired) electrons. The molecule has 0 amide bonds. The van der Waals surface area contributed by atoms with Crippen LogP contribution in [-0.4, -0.2) is 31.1 Å². The van der Waals surface area contributed by atoms with E-state index in [2.05, 4.69) is 68.4 Å². The van der Waals surface area contributed by atoms with Gasteiger partial charge in [0.05, 0.1) is 0 Å². The smallest absolute Gasteiger partial charge is 0.0332 e. The third-order valence-electron chi connectivity index (χ3n) is 3.49. The Kier molecular flexibility index (Phi) is 6.99. The first-order chi connectivity index (χ1) is 8.65. The minimum Gasteiger partial charge on any atom is -0.310 e. The van der Waals surface area contributed by atoms with E-state index in [0.29, 0.717) is 12.1 Å². The molecule has 0 bridgehead atoms. The van der Waals surface area contributed by atoms with Gasteiger partial charge in [-0.3, -0.25) is 0 Å². The molecule has 1 N–H and O–H groups in total. The molecule has 0 fully saturated rings. The van der Waals surface area contributed by atoms with Crippen molar-refractivity contribution in [2.75, 3.05) is 20.1 Å². The van der Waals surface area contributed by atoms with Crippen LogP contribution in [0.3, 0.4) is 0 Å². The number of benzene rings is 1. The van der Waals surface area contributed by atoms with Gasteiger partial charge in [-0.05, 0) is 52.4 Å². The summed E-state index contributed by atoms with van der Waals surface area (Å²) >= 11 is 0. The van der Waals surface area contributed by atoms with Crippen LogP contribution in [0.25, 0.3) is 0 Å². The zero-order valence-electron chi connectivity index (χ0n) is 12.3. The fourth-order valence-electron chi connectivity index (χ4n) is 1.98. The highest BCUT2D eigenvalue weighted by atomic mass is 15.1. The van der Waals surface area contributed by atoms with Crippen LogP contribution in [0.5, 0.6) is 0 Å². The van der Waals surface area contributed by atoms with Gasteiger partial charge in [0.25, 0.3) is 0 Å². The number of nitrogens with zero attached hydrogens (tertiary/aromatic N) is 1. The van der Waals surface area contributed by atoms with Gasteiger partial charge in [0.2, 0.25) is 0 Å². The van der Waals surface area contributed by atoms with E-state index in [9.17, 15) is 0 Å². The third kappa shape index (κ3) is 5.19. The summed E-state index contributed by atoms with van der Waals surface area (Å²) in [7, 11) is 2.20. The number of hydrogen-bond acceptors (Lipinski definition) is 2. The Morgan fingerprint density at radius 3 is 2.39 bits per heavy atom. The molecular formula is C16H28N2. The van der Waals surface area contributed by atoms with Crippen LogP contribution in [0.1, 0.15) is 45.2 Å². The van der Waals surface area contributed by atoms with E-state index in [1.54, 1.807) is 0 Å². The lowest BCUT2D eigenvalue weighted by Gasteiger charge is -2.25. The Labute approximate surface area is 112 Å². The highest BCUT2D eigenvalue weighted by molar-refractivity contribution is 5.18. The van der Waals surface area contributed by atoms with Crippen LogP contribution < -0.4 is 5.32 Å². The molecule has 0 aromatic heterocycles. The van der Waals surface area contributed by atoms with Gasteiger partial charge >= 0.3 is 0 Å². The molecule has 1 aromatic carbocycles. The lowest BCUT2D eigenvalue weighted by atomic mass is 10.0. The van der Waals surface area contributed by atoms with Gasteiger partial charge in [-0.2, -0.15) is 0 Å². The second kappa shape index (κ2) is 8.28. The topological polar surface area (TPSA) is 15.3 Å². The highest BCUT2D eigenvalue weighted by Crippen LogP contribution is 2.17. The van der Waals surface area contributed by atoms with Crippen molar-refractivity contribution in [1.29, 1.82) is 0 Å². The van der Waals surface area contributed by atoms with Crippen LogP contribution in [0.2, 0.25) is 0 Å². The predicted octanol–water partition coefficient (Wildman–Crippen LogP) is 3.46. The Balaban J connectivity index is 2.56. The molecule has 0 spiro atoms. The molecule has 2 nitrogen and oxygen atoms in total. The summed E-state index contributed by atoms with van der Waals surface area (Å²) < 4.78 is 0. The SMILES string of the molecule is CCCNC(CCN(C)C(C)C)c1ccccc1. The van der Waals surface area contributed by atoms with Crippen molar-refractivity contribution in [3.63, 3.8) is 0 Å². The molecule has 1 atom stereocenters. The third-order valence-corrected chi connectivity index (χ3v) is 3.49. The maximum atomic E-state index is 3.65. The summed E-state index contributed by atoms with van der Waals surface area (Å²) in [6.07, 6.45) is 2.35. The highest BCUT2D eigenvalue weighted by Gasteiger charge is 2.12. The fourth-order valence-corrected chi connectivity index (χ4v) is 1.98. The minimum absolute atomic E-state index is 0.479. The van der Waals surface area contributed by atoms with Crippen LogP contribution in [0, 0.1) is 0 Å². The van der Waals surface area contributed by atoms with Gasteiger partial charge in [-0.1, -0.05) is 37.3 Å². The zero-order valence-corrected chi connectivity index (χ0v) is 12.3. The van der Waals surface area contributed by atoms with Crippen molar-refractivity contribution in [2.24, 2.45) is 0 Å². The average molecular weight is 248 g/mol. The summed E-state index contributed by atoms with van der Waals surface area (Å²) in [5, 5.41) is 3.65. The van der Waals surface area contributed by atoms with E-state index in [-0.39, 0.29) is 0 Å². The summed E-state index contributed by atoms with van der Waals surface area (Å²) in [6.45, 7) is 8.93. The monoisotopic (exact) mass is 248 g/mol. The van der Waals surface area contributed by atoms with Gasteiger partial charge < -0.3 is 10.2 Å². The van der Waals surface area contributed by atoms with Crippen LogP contribution >= 0.6 is 0 Å². The summed E-state index contributed by atoms with van der Waals surface area (Å²) in [6, 6.07) is 11.9. The summed E-state index contributed by atoms with van der Waals surface area (Å²) in [4.78, 5) is 2.41. The molecule has 0 saturated carbocycles. The van der Waals surface area contributed by atoms with E-state index in [4.69, 9.17) is 0 Å². The molecule has 2 heteroatoms. The molecule has 1 aromatic rings. The molecule has 0 aliphatic carbocycles. The Hall–Kier alpha value is -0.860. The van der Waals surface area contributed by atoms with E-state index >= 15 is 0 Å². The number of rotatable bonds is 8. The van der Waals surface area contributed by atoms with E-state index in [0.717, 1.165) is 13.1 Å². The standard InChI is InChI=1S/C16H28N2/c1-5-12-17-16(11-13-18(4)14(2)3)15-9-7-6-8-10-15/h6-10,14,16-17H,5,11-13H2,1-4H3. The normalized spacial score (nSPS) is 13.2. The van der Waals surface area contributed by atoms with Crippen LogP contribution in [-0.2, 0) is 0 Å². The molecule has 1 rings (SSSR count). The summed E-state index contributed by atoms with van der Waals surface area (Å²) in [5.41, 5.74) is 1.41. The predicted molar refractivity (Wildman–Crippen MR) is 79.9 cm³/mol. The largest absolute Gasteiger partial charge is 0.310 e. The molecule has 0 aliphatic rings. The van der Waals surface area contributed by atoms with Crippen LogP contribution in [0.15, 0.2) is 30.3 Å². The number of nitrogens with one attached hydrogen (secondary N) is 1. The van der Waals surface area contributed by atoms with Gasteiger partial charge in [-0.15, -0.1) is 0 Å². The quantitative estimate of drug-likeness (QED) is 0.758. The molecule has 18 heavy (non-hydrogen) atoms. The Morgan fingerprint density at radius 2 is 1.83 bits per heavy atom. The molecule has 0 aliphatic heterocycles. The lowest BCUT2D eigenvalue weighted by Crippen LogP contribution is -2.31. The molecule has 102 valence electrons. The first-order valence-electron chi connectivity index (χ1n) is 7.13. The minimum atomic E-state index is 0.479. The fraction of sp³-hybridized carbons (Fsp3) is 0.625. The van der Waals surface area contributed by atoms with Crippen molar-refractivity contribution in [1.82, 2.24) is 10.2 Å².